The minimum atomic E-state index is 0.678. The van der Waals surface area contributed by atoms with Gasteiger partial charge >= 0.3 is 0 Å². The molecule has 0 aromatic rings. The van der Waals surface area contributed by atoms with Crippen LogP contribution in [0.25, 0.3) is 0 Å². The van der Waals surface area contributed by atoms with E-state index in [1.165, 1.54) is 38.6 Å². The molecule has 17 heavy (non-hydrogen) atoms. The maximum Gasteiger partial charge on any atom is 0.191 e. The SMILES string of the molecule is CN=C(NCC1CCC1)NCC1CCCN1C. The van der Waals surface area contributed by atoms with E-state index in [4.69, 9.17) is 0 Å². The highest BCUT2D eigenvalue weighted by Gasteiger charge is 2.21. The van der Waals surface area contributed by atoms with E-state index >= 15 is 0 Å². The van der Waals surface area contributed by atoms with Crippen LogP contribution < -0.4 is 10.6 Å². The quantitative estimate of drug-likeness (QED) is 0.568. The van der Waals surface area contributed by atoms with E-state index in [1.807, 2.05) is 7.05 Å². The van der Waals surface area contributed by atoms with Crippen LogP contribution in [-0.2, 0) is 0 Å². The van der Waals surface area contributed by atoms with E-state index in [9.17, 15) is 0 Å². The first kappa shape index (κ1) is 12.7. The molecule has 2 aliphatic rings. The number of hydrogen-bond acceptors (Lipinski definition) is 2. The molecule has 0 aromatic carbocycles. The topological polar surface area (TPSA) is 39.7 Å². The lowest BCUT2D eigenvalue weighted by atomic mass is 9.85. The summed E-state index contributed by atoms with van der Waals surface area (Å²) in [4.78, 5) is 6.72. The molecule has 2 rings (SSSR count). The fraction of sp³-hybridized carbons (Fsp3) is 0.923. The maximum atomic E-state index is 4.28. The second-order valence-electron chi connectivity index (χ2n) is 5.41. The van der Waals surface area contributed by atoms with Crippen molar-refractivity contribution in [1.29, 1.82) is 0 Å². The van der Waals surface area contributed by atoms with E-state index in [-0.39, 0.29) is 0 Å². The summed E-state index contributed by atoms with van der Waals surface area (Å²) in [5.74, 6) is 1.85. The van der Waals surface area contributed by atoms with Crippen molar-refractivity contribution in [3.05, 3.63) is 0 Å². The highest BCUT2D eigenvalue weighted by atomic mass is 15.2. The van der Waals surface area contributed by atoms with Crippen LogP contribution in [0, 0.1) is 5.92 Å². The summed E-state index contributed by atoms with van der Waals surface area (Å²) < 4.78 is 0. The van der Waals surface area contributed by atoms with Gasteiger partial charge in [0.15, 0.2) is 5.96 Å². The molecule has 0 bridgehead atoms. The van der Waals surface area contributed by atoms with Crippen LogP contribution in [0.5, 0.6) is 0 Å². The monoisotopic (exact) mass is 238 g/mol. The standard InChI is InChI=1S/C13H26N4/c1-14-13(15-9-11-5-3-6-11)16-10-12-7-4-8-17(12)2/h11-12H,3-10H2,1-2H3,(H2,14,15,16). The molecule has 0 radical (unpaired) electrons. The summed E-state index contributed by atoms with van der Waals surface area (Å²) >= 11 is 0. The molecule has 2 fully saturated rings. The molecule has 98 valence electrons. The Morgan fingerprint density at radius 3 is 2.47 bits per heavy atom. The molecular formula is C13H26N4. The maximum absolute atomic E-state index is 4.28. The number of nitrogens with one attached hydrogen (secondary N) is 2. The van der Waals surface area contributed by atoms with Gasteiger partial charge in [-0.05, 0) is 45.2 Å². The fourth-order valence-electron chi connectivity index (χ4n) is 2.61. The Kier molecular flexibility index (Phi) is 4.66. The third-order valence-corrected chi connectivity index (χ3v) is 4.18. The molecule has 1 atom stereocenters. The number of guanidine groups is 1. The van der Waals surface area contributed by atoms with Gasteiger partial charge in [0.2, 0.25) is 0 Å². The molecule has 0 spiro atoms. The molecule has 4 heteroatoms. The third-order valence-electron chi connectivity index (χ3n) is 4.18. The fourth-order valence-corrected chi connectivity index (χ4v) is 2.61. The van der Waals surface area contributed by atoms with Crippen LogP contribution in [0.2, 0.25) is 0 Å². The average Bonchev–Trinajstić information content (AvgIpc) is 2.67. The number of likely N-dealkylation sites (tertiary alicyclic amines) is 1. The summed E-state index contributed by atoms with van der Waals surface area (Å²) in [6.07, 6.45) is 6.82. The van der Waals surface area contributed by atoms with Crippen LogP contribution in [0.1, 0.15) is 32.1 Å². The van der Waals surface area contributed by atoms with Gasteiger partial charge in [0.05, 0.1) is 0 Å². The van der Waals surface area contributed by atoms with Crippen LogP contribution in [-0.4, -0.2) is 50.6 Å². The molecule has 1 heterocycles. The molecule has 1 aliphatic carbocycles. The number of nitrogens with zero attached hydrogens (tertiary/aromatic N) is 2. The van der Waals surface area contributed by atoms with Crippen molar-refractivity contribution in [3.63, 3.8) is 0 Å². The van der Waals surface area contributed by atoms with Gasteiger partial charge in [0.25, 0.3) is 0 Å². The molecule has 1 aliphatic heterocycles. The lowest BCUT2D eigenvalue weighted by Gasteiger charge is -2.27. The molecular weight excluding hydrogens is 212 g/mol. The smallest absolute Gasteiger partial charge is 0.191 e. The normalized spacial score (nSPS) is 26.9. The molecule has 1 saturated heterocycles. The van der Waals surface area contributed by atoms with Gasteiger partial charge in [-0.3, -0.25) is 4.99 Å². The van der Waals surface area contributed by atoms with E-state index in [2.05, 4.69) is 27.6 Å². The second-order valence-corrected chi connectivity index (χ2v) is 5.41. The zero-order valence-corrected chi connectivity index (χ0v) is 11.2. The third kappa shape index (κ3) is 3.60. The van der Waals surface area contributed by atoms with Crippen LogP contribution in [0.3, 0.4) is 0 Å². The Bertz CT molecular complexity index is 260. The van der Waals surface area contributed by atoms with Gasteiger partial charge in [-0.2, -0.15) is 0 Å². The lowest BCUT2D eigenvalue weighted by molar-refractivity contribution is 0.305. The van der Waals surface area contributed by atoms with Gasteiger partial charge in [-0.15, -0.1) is 0 Å². The summed E-state index contributed by atoms with van der Waals surface area (Å²) in [6, 6.07) is 0.678. The first-order valence-electron chi connectivity index (χ1n) is 6.94. The van der Waals surface area contributed by atoms with E-state index in [0.717, 1.165) is 25.0 Å². The van der Waals surface area contributed by atoms with E-state index < -0.39 is 0 Å². The number of likely N-dealkylation sites (N-methyl/N-ethyl adjacent to an activating group) is 1. The van der Waals surface area contributed by atoms with Crippen molar-refractivity contribution in [2.45, 2.75) is 38.1 Å². The highest BCUT2D eigenvalue weighted by Crippen LogP contribution is 2.25. The predicted molar refractivity (Wildman–Crippen MR) is 72.4 cm³/mol. The Balaban J connectivity index is 1.64. The molecule has 2 N–H and O–H groups in total. The summed E-state index contributed by atoms with van der Waals surface area (Å²) in [5, 5.41) is 6.87. The van der Waals surface area contributed by atoms with Crippen molar-refractivity contribution in [2.24, 2.45) is 10.9 Å². The minimum Gasteiger partial charge on any atom is -0.356 e. The predicted octanol–water partition coefficient (Wildman–Crippen LogP) is 1.05. The zero-order chi connectivity index (χ0) is 12.1. The molecule has 0 aromatic heterocycles. The van der Waals surface area contributed by atoms with Gasteiger partial charge in [0.1, 0.15) is 0 Å². The van der Waals surface area contributed by atoms with Crippen LogP contribution in [0.15, 0.2) is 4.99 Å². The molecule has 1 saturated carbocycles. The van der Waals surface area contributed by atoms with Crippen molar-refractivity contribution >= 4 is 5.96 Å². The first-order chi connectivity index (χ1) is 8.29. The zero-order valence-electron chi connectivity index (χ0n) is 11.2. The van der Waals surface area contributed by atoms with Crippen LogP contribution in [0.4, 0.5) is 0 Å². The van der Waals surface area contributed by atoms with Crippen molar-refractivity contribution in [3.8, 4) is 0 Å². The molecule has 0 amide bonds. The highest BCUT2D eigenvalue weighted by molar-refractivity contribution is 5.79. The largest absolute Gasteiger partial charge is 0.356 e. The van der Waals surface area contributed by atoms with E-state index in [1.54, 1.807) is 0 Å². The summed E-state index contributed by atoms with van der Waals surface area (Å²) in [6.45, 7) is 3.33. The first-order valence-corrected chi connectivity index (χ1v) is 6.94. The average molecular weight is 238 g/mol. The summed E-state index contributed by atoms with van der Waals surface area (Å²) in [5.41, 5.74) is 0. The number of rotatable bonds is 4. The minimum absolute atomic E-state index is 0.678. The summed E-state index contributed by atoms with van der Waals surface area (Å²) in [7, 11) is 4.07. The Morgan fingerprint density at radius 1 is 1.18 bits per heavy atom. The number of hydrogen-bond donors (Lipinski definition) is 2. The van der Waals surface area contributed by atoms with Gasteiger partial charge in [0, 0.05) is 26.2 Å². The molecule has 4 nitrogen and oxygen atoms in total. The Hall–Kier alpha value is -0.770. The molecule has 1 unspecified atom stereocenters. The number of aliphatic imine (C=N–C) groups is 1. The van der Waals surface area contributed by atoms with Crippen LogP contribution >= 0.6 is 0 Å². The van der Waals surface area contributed by atoms with Gasteiger partial charge < -0.3 is 15.5 Å². The van der Waals surface area contributed by atoms with Gasteiger partial charge in [-0.25, -0.2) is 0 Å². The lowest BCUT2D eigenvalue weighted by Crippen LogP contribution is -2.45. The second kappa shape index (κ2) is 6.24. The van der Waals surface area contributed by atoms with E-state index in [0.29, 0.717) is 6.04 Å². The van der Waals surface area contributed by atoms with Crippen molar-refractivity contribution in [2.75, 3.05) is 33.7 Å². The van der Waals surface area contributed by atoms with Gasteiger partial charge in [-0.1, -0.05) is 6.42 Å². The Labute approximate surface area is 105 Å². The van der Waals surface area contributed by atoms with Crippen molar-refractivity contribution < 1.29 is 0 Å². The Morgan fingerprint density at radius 2 is 1.94 bits per heavy atom. The van der Waals surface area contributed by atoms with Crippen molar-refractivity contribution in [1.82, 2.24) is 15.5 Å².